The Bertz CT molecular complexity index is 418. The van der Waals surface area contributed by atoms with Gasteiger partial charge in [-0.05, 0) is 44.5 Å². The first-order valence-electron chi connectivity index (χ1n) is 7.94. The number of nitrogen functional groups attached to an aromatic ring is 1. The molecular weight excluding hydrogens is 262 g/mol. The van der Waals surface area contributed by atoms with Gasteiger partial charge < -0.3 is 5.73 Å². The summed E-state index contributed by atoms with van der Waals surface area (Å²) >= 11 is 0. The number of nitrogens with zero attached hydrogens (tertiary/aromatic N) is 2. The van der Waals surface area contributed by atoms with Crippen LogP contribution < -0.4 is 17.0 Å². The van der Waals surface area contributed by atoms with Crippen LogP contribution in [0.1, 0.15) is 57.7 Å². The lowest BCUT2D eigenvalue weighted by atomic mass is 9.78. The van der Waals surface area contributed by atoms with E-state index in [1.165, 1.54) is 0 Å². The first kappa shape index (κ1) is 17.9. The number of likely N-dealkylation sites (N-methyl/N-ethyl adjacent to an activating group) is 1. The number of nitrogens with two attached hydrogens (primary N) is 2. The molecule has 1 atom stereocenters. The number of hydrogen-bond donors (Lipinski definition) is 3. The Morgan fingerprint density at radius 2 is 1.81 bits per heavy atom. The third-order valence-corrected chi connectivity index (χ3v) is 4.85. The molecule has 0 saturated heterocycles. The molecule has 0 saturated carbocycles. The zero-order chi connectivity index (χ0) is 16.0. The Hall–Kier alpha value is -1.17. The normalized spacial score (nSPS) is 13.7. The predicted octanol–water partition coefficient (Wildman–Crippen LogP) is 2.38. The van der Waals surface area contributed by atoms with Crippen molar-refractivity contribution in [3.05, 3.63) is 23.4 Å². The standard InChI is InChI=1S/C16H31N5/c1-6-16(7-2,21(8-3)9-4)14(20-18)13-12(5)10-11-19-15(13)17/h10-11,14,20H,6-9,18H2,1-5H3,(H2,17,19). The largest absolute Gasteiger partial charge is 0.383 e. The Balaban J connectivity index is 3.45. The summed E-state index contributed by atoms with van der Waals surface area (Å²) in [6, 6.07) is 1.95. The van der Waals surface area contributed by atoms with E-state index < -0.39 is 0 Å². The molecule has 1 aromatic rings. The van der Waals surface area contributed by atoms with Crippen LogP contribution in [0.3, 0.4) is 0 Å². The van der Waals surface area contributed by atoms with Crippen LogP contribution >= 0.6 is 0 Å². The molecule has 1 heterocycles. The van der Waals surface area contributed by atoms with E-state index in [1.54, 1.807) is 6.20 Å². The summed E-state index contributed by atoms with van der Waals surface area (Å²) in [7, 11) is 0. The van der Waals surface area contributed by atoms with Gasteiger partial charge in [0.25, 0.3) is 0 Å². The monoisotopic (exact) mass is 293 g/mol. The maximum Gasteiger partial charge on any atom is 0.128 e. The molecule has 0 aliphatic carbocycles. The summed E-state index contributed by atoms with van der Waals surface area (Å²) < 4.78 is 0. The average molecular weight is 293 g/mol. The maximum atomic E-state index is 6.16. The second kappa shape index (κ2) is 7.73. The van der Waals surface area contributed by atoms with E-state index >= 15 is 0 Å². The first-order valence-corrected chi connectivity index (χ1v) is 7.94. The highest BCUT2D eigenvalue weighted by Crippen LogP contribution is 2.39. The molecule has 5 heteroatoms. The molecule has 0 aliphatic rings. The lowest BCUT2D eigenvalue weighted by molar-refractivity contribution is 0.0486. The highest BCUT2D eigenvalue weighted by molar-refractivity contribution is 5.47. The predicted molar refractivity (Wildman–Crippen MR) is 89.7 cm³/mol. The zero-order valence-corrected chi connectivity index (χ0v) is 14.1. The Morgan fingerprint density at radius 3 is 2.19 bits per heavy atom. The second-order valence-electron chi connectivity index (χ2n) is 5.51. The van der Waals surface area contributed by atoms with Crippen LogP contribution in [0.4, 0.5) is 5.82 Å². The van der Waals surface area contributed by atoms with Gasteiger partial charge in [0.2, 0.25) is 0 Å². The number of hydrogen-bond acceptors (Lipinski definition) is 5. The number of aryl methyl sites for hydroxylation is 1. The van der Waals surface area contributed by atoms with Crippen molar-refractivity contribution in [3.8, 4) is 0 Å². The first-order chi connectivity index (χ1) is 10.0. The van der Waals surface area contributed by atoms with Gasteiger partial charge in [-0.2, -0.15) is 0 Å². The number of pyridine rings is 1. The van der Waals surface area contributed by atoms with Gasteiger partial charge in [0.15, 0.2) is 0 Å². The van der Waals surface area contributed by atoms with Gasteiger partial charge >= 0.3 is 0 Å². The fourth-order valence-electron chi connectivity index (χ4n) is 3.61. The van der Waals surface area contributed by atoms with Crippen molar-refractivity contribution in [2.24, 2.45) is 5.84 Å². The minimum atomic E-state index is -0.0693. The highest BCUT2D eigenvalue weighted by atomic mass is 15.3. The topological polar surface area (TPSA) is 80.2 Å². The molecule has 0 radical (unpaired) electrons. The number of hydrazine groups is 1. The van der Waals surface area contributed by atoms with Crippen LogP contribution in [0.5, 0.6) is 0 Å². The molecule has 0 fully saturated rings. The number of anilines is 1. The van der Waals surface area contributed by atoms with Crippen LogP contribution in [-0.2, 0) is 0 Å². The third-order valence-electron chi connectivity index (χ3n) is 4.85. The molecular formula is C16H31N5. The van der Waals surface area contributed by atoms with Gasteiger partial charge in [-0.1, -0.05) is 27.7 Å². The molecule has 5 nitrogen and oxygen atoms in total. The highest BCUT2D eigenvalue weighted by Gasteiger charge is 2.41. The average Bonchev–Trinajstić information content (AvgIpc) is 2.49. The van der Waals surface area contributed by atoms with Gasteiger partial charge in [-0.3, -0.25) is 16.2 Å². The SMILES string of the molecule is CCN(CC)C(CC)(CC)C(NN)c1c(C)ccnc1N. The van der Waals surface area contributed by atoms with E-state index in [0.29, 0.717) is 5.82 Å². The molecule has 0 bridgehead atoms. The van der Waals surface area contributed by atoms with Crippen LogP contribution in [0.25, 0.3) is 0 Å². The van der Waals surface area contributed by atoms with Crippen LogP contribution in [0, 0.1) is 6.92 Å². The summed E-state index contributed by atoms with van der Waals surface area (Å²) in [5.74, 6) is 6.53. The minimum Gasteiger partial charge on any atom is -0.383 e. The summed E-state index contributed by atoms with van der Waals surface area (Å²) in [5.41, 5.74) is 11.3. The van der Waals surface area contributed by atoms with Crippen molar-refractivity contribution in [1.29, 1.82) is 0 Å². The second-order valence-corrected chi connectivity index (χ2v) is 5.51. The lowest BCUT2D eigenvalue weighted by Gasteiger charge is -2.48. The van der Waals surface area contributed by atoms with E-state index in [2.05, 4.69) is 49.9 Å². The zero-order valence-electron chi connectivity index (χ0n) is 14.1. The summed E-state index contributed by atoms with van der Waals surface area (Å²) in [5, 5.41) is 0. The van der Waals surface area contributed by atoms with E-state index in [9.17, 15) is 0 Å². The molecule has 0 aromatic carbocycles. The van der Waals surface area contributed by atoms with Crippen LogP contribution in [0.2, 0.25) is 0 Å². The number of rotatable bonds is 8. The molecule has 1 aromatic heterocycles. The fraction of sp³-hybridized carbons (Fsp3) is 0.688. The molecule has 120 valence electrons. The number of aromatic nitrogens is 1. The summed E-state index contributed by atoms with van der Waals surface area (Å²) in [6.07, 6.45) is 3.74. The molecule has 21 heavy (non-hydrogen) atoms. The quantitative estimate of drug-likeness (QED) is 0.506. The molecule has 0 spiro atoms. The number of nitrogens with one attached hydrogen (secondary N) is 1. The molecule has 0 aliphatic heterocycles. The van der Waals surface area contributed by atoms with Crippen molar-refractivity contribution in [3.63, 3.8) is 0 Å². The van der Waals surface area contributed by atoms with Crippen molar-refractivity contribution in [2.45, 2.75) is 59.0 Å². The fourth-order valence-corrected chi connectivity index (χ4v) is 3.61. The van der Waals surface area contributed by atoms with Gasteiger partial charge in [-0.15, -0.1) is 0 Å². The smallest absolute Gasteiger partial charge is 0.128 e. The molecule has 1 rings (SSSR count). The van der Waals surface area contributed by atoms with Gasteiger partial charge in [-0.25, -0.2) is 4.98 Å². The molecule has 5 N–H and O–H groups in total. The van der Waals surface area contributed by atoms with Crippen molar-refractivity contribution in [2.75, 3.05) is 18.8 Å². The molecule has 1 unspecified atom stereocenters. The van der Waals surface area contributed by atoms with Gasteiger partial charge in [0.1, 0.15) is 5.82 Å². The summed E-state index contributed by atoms with van der Waals surface area (Å²) in [4.78, 5) is 6.74. The van der Waals surface area contributed by atoms with Gasteiger partial charge in [0, 0.05) is 17.3 Å². The van der Waals surface area contributed by atoms with Gasteiger partial charge in [0.05, 0.1) is 6.04 Å². The summed E-state index contributed by atoms with van der Waals surface area (Å²) in [6.45, 7) is 12.8. The van der Waals surface area contributed by atoms with Crippen molar-refractivity contribution < 1.29 is 0 Å². The Labute approximate surface area is 129 Å². The van der Waals surface area contributed by atoms with E-state index in [4.69, 9.17) is 11.6 Å². The molecule has 0 amide bonds. The van der Waals surface area contributed by atoms with Crippen molar-refractivity contribution in [1.82, 2.24) is 15.3 Å². The van der Waals surface area contributed by atoms with Crippen molar-refractivity contribution >= 4 is 5.82 Å². The third kappa shape index (κ3) is 3.20. The van der Waals surface area contributed by atoms with Crippen LogP contribution in [0.15, 0.2) is 12.3 Å². The van der Waals surface area contributed by atoms with E-state index in [1.807, 2.05) is 6.07 Å². The van der Waals surface area contributed by atoms with Crippen LogP contribution in [-0.4, -0.2) is 28.5 Å². The Morgan fingerprint density at radius 1 is 1.24 bits per heavy atom. The Kier molecular flexibility index (Phi) is 6.58. The maximum absolute atomic E-state index is 6.16. The van der Waals surface area contributed by atoms with E-state index in [0.717, 1.165) is 37.1 Å². The van der Waals surface area contributed by atoms with E-state index in [-0.39, 0.29) is 11.6 Å². The minimum absolute atomic E-state index is 0.0406. The lowest BCUT2D eigenvalue weighted by Crippen LogP contribution is -2.57.